The van der Waals surface area contributed by atoms with Gasteiger partial charge in [-0.15, -0.1) is 0 Å². The fraction of sp³-hybridized carbons (Fsp3) is 0.857. The average molecular weight is 159 g/mol. The highest BCUT2D eigenvalue weighted by Gasteiger charge is 2.41. The summed E-state index contributed by atoms with van der Waals surface area (Å²) in [6.07, 6.45) is -0.0818. The lowest BCUT2D eigenvalue weighted by Crippen LogP contribution is -2.62. The van der Waals surface area contributed by atoms with Crippen LogP contribution in [0.1, 0.15) is 13.3 Å². The van der Waals surface area contributed by atoms with E-state index in [0.717, 1.165) is 0 Å². The fourth-order valence-electron chi connectivity index (χ4n) is 1.40. The molecule has 3 N–H and O–H groups in total. The number of nitrogens with one attached hydrogen (secondary N) is 1. The number of β-lactam (4-membered cyclic amide) rings is 1. The summed E-state index contributed by atoms with van der Waals surface area (Å²) in [4.78, 5) is 10.8. The van der Waals surface area contributed by atoms with Crippen LogP contribution in [0.2, 0.25) is 0 Å². The number of hydrogen-bond donors (Lipinski definition) is 3. The molecule has 3 unspecified atom stereocenters. The van der Waals surface area contributed by atoms with Gasteiger partial charge in [-0.05, 0) is 13.3 Å². The van der Waals surface area contributed by atoms with Crippen LogP contribution in [0.4, 0.5) is 0 Å². The van der Waals surface area contributed by atoms with Crippen molar-refractivity contribution in [3.05, 3.63) is 0 Å². The number of carbonyl (C=O) groups excluding carboxylic acids is 1. The van der Waals surface area contributed by atoms with Crippen LogP contribution in [-0.2, 0) is 4.79 Å². The summed E-state index contributed by atoms with van der Waals surface area (Å²) < 4.78 is 0. The Morgan fingerprint density at radius 3 is 2.73 bits per heavy atom. The lowest BCUT2D eigenvalue weighted by molar-refractivity contribution is -0.140. The van der Waals surface area contributed by atoms with Crippen LogP contribution in [-0.4, -0.2) is 34.9 Å². The van der Waals surface area contributed by atoms with Gasteiger partial charge in [0.15, 0.2) is 0 Å². The summed E-state index contributed by atoms with van der Waals surface area (Å²) in [6, 6.07) is -0.0347. The van der Waals surface area contributed by atoms with E-state index in [4.69, 9.17) is 10.2 Å². The molecule has 3 atom stereocenters. The predicted octanol–water partition coefficient (Wildman–Crippen LogP) is -1.14. The van der Waals surface area contributed by atoms with Crippen LogP contribution >= 0.6 is 0 Å². The summed E-state index contributed by atoms with van der Waals surface area (Å²) in [5.41, 5.74) is 0. The van der Waals surface area contributed by atoms with E-state index in [1.807, 2.05) is 0 Å². The van der Waals surface area contributed by atoms with Gasteiger partial charge in [0.1, 0.15) is 0 Å². The Kier molecular flexibility index (Phi) is 2.46. The molecule has 0 aromatic carbocycles. The molecule has 4 heteroatoms. The summed E-state index contributed by atoms with van der Waals surface area (Å²) in [5.74, 6) is -0.430. The zero-order valence-corrected chi connectivity index (χ0v) is 6.45. The molecule has 1 fully saturated rings. The van der Waals surface area contributed by atoms with Gasteiger partial charge in [-0.25, -0.2) is 0 Å². The number of carbonyl (C=O) groups is 1. The third kappa shape index (κ3) is 1.52. The maximum absolute atomic E-state index is 10.8. The van der Waals surface area contributed by atoms with Gasteiger partial charge < -0.3 is 15.5 Å². The average Bonchev–Trinajstić information content (AvgIpc) is 1.85. The molecule has 1 amide bonds. The highest BCUT2D eigenvalue weighted by Crippen LogP contribution is 2.21. The van der Waals surface area contributed by atoms with Crippen molar-refractivity contribution in [3.63, 3.8) is 0 Å². The maximum Gasteiger partial charge on any atom is 0.228 e. The molecule has 1 heterocycles. The van der Waals surface area contributed by atoms with Crippen LogP contribution in [0, 0.1) is 5.92 Å². The van der Waals surface area contributed by atoms with Crippen molar-refractivity contribution in [2.75, 3.05) is 6.61 Å². The molecule has 64 valence electrons. The van der Waals surface area contributed by atoms with Crippen LogP contribution in [0.15, 0.2) is 0 Å². The first-order valence-electron chi connectivity index (χ1n) is 3.76. The molecule has 1 aliphatic heterocycles. The molecule has 0 aromatic rings. The van der Waals surface area contributed by atoms with Gasteiger partial charge in [-0.2, -0.15) is 0 Å². The highest BCUT2D eigenvalue weighted by molar-refractivity contribution is 5.86. The smallest absolute Gasteiger partial charge is 0.228 e. The van der Waals surface area contributed by atoms with Crippen molar-refractivity contribution in [2.24, 2.45) is 5.92 Å². The number of hydrogen-bond acceptors (Lipinski definition) is 3. The molecular formula is C7H13NO3. The van der Waals surface area contributed by atoms with Crippen molar-refractivity contribution >= 4 is 5.91 Å². The van der Waals surface area contributed by atoms with Crippen molar-refractivity contribution in [3.8, 4) is 0 Å². The first-order valence-corrected chi connectivity index (χ1v) is 3.76. The first-order chi connectivity index (χ1) is 5.16. The minimum absolute atomic E-state index is 0.0347. The fourth-order valence-corrected chi connectivity index (χ4v) is 1.40. The Bertz CT molecular complexity index is 158. The summed E-state index contributed by atoms with van der Waals surface area (Å²) in [6.45, 7) is 1.64. The van der Waals surface area contributed by atoms with Gasteiger partial charge in [-0.3, -0.25) is 4.79 Å². The molecular weight excluding hydrogens is 146 g/mol. The van der Waals surface area contributed by atoms with E-state index < -0.39 is 6.10 Å². The van der Waals surface area contributed by atoms with Crippen molar-refractivity contribution < 1.29 is 15.0 Å². The molecule has 4 nitrogen and oxygen atoms in total. The van der Waals surface area contributed by atoms with Gasteiger partial charge in [0.2, 0.25) is 5.91 Å². The molecule has 1 saturated heterocycles. The topological polar surface area (TPSA) is 69.6 Å². The molecule has 1 rings (SSSR count). The second-order valence-electron chi connectivity index (χ2n) is 2.89. The second-order valence-corrected chi connectivity index (χ2v) is 2.89. The molecule has 11 heavy (non-hydrogen) atoms. The summed E-state index contributed by atoms with van der Waals surface area (Å²) in [5, 5.41) is 20.3. The maximum atomic E-state index is 10.8. The van der Waals surface area contributed by atoms with E-state index in [1.54, 1.807) is 6.92 Å². The minimum atomic E-state index is -0.611. The molecule has 0 bridgehead atoms. The molecule has 1 aliphatic rings. The normalized spacial score (nSPS) is 32.5. The van der Waals surface area contributed by atoms with E-state index >= 15 is 0 Å². The lowest BCUT2D eigenvalue weighted by Gasteiger charge is -2.38. The zero-order valence-electron chi connectivity index (χ0n) is 6.45. The Morgan fingerprint density at radius 2 is 2.36 bits per heavy atom. The lowest BCUT2D eigenvalue weighted by atomic mass is 9.84. The molecule has 0 aromatic heterocycles. The SMILES string of the molecule is CC(O)C1C(=O)NC1CCO. The van der Waals surface area contributed by atoms with Crippen LogP contribution in [0.25, 0.3) is 0 Å². The number of rotatable bonds is 3. The zero-order chi connectivity index (χ0) is 8.43. The van der Waals surface area contributed by atoms with Gasteiger partial charge in [0.05, 0.1) is 12.0 Å². The first kappa shape index (κ1) is 8.49. The van der Waals surface area contributed by atoms with E-state index in [0.29, 0.717) is 6.42 Å². The summed E-state index contributed by atoms with van der Waals surface area (Å²) >= 11 is 0. The molecule has 0 aliphatic carbocycles. The predicted molar refractivity (Wildman–Crippen MR) is 38.8 cm³/mol. The van der Waals surface area contributed by atoms with Crippen LogP contribution < -0.4 is 5.32 Å². The van der Waals surface area contributed by atoms with Crippen molar-refractivity contribution in [2.45, 2.75) is 25.5 Å². The Balaban J connectivity index is 2.41. The van der Waals surface area contributed by atoms with Gasteiger partial charge in [-0.1, -0.05) is 0 Å². The standard InChI is InChI=1S/C7H13NO3/c1-4(10)6-5(2-3-9)8-7(6)11/h4-6,9-10H,2-3H2,1H3,(H,8,11). The van der Waals surface area contributed by atoms with Crippen LogP contribution in [0.3, 0.4) is 0 Å². The monoisotopic (exact) mass is 159 g/mol. The molecule has 0 radical (unpaired) electrons. The Hall–Kier alpha value is -0.610. The van der Waals surface area contributed by atoms with E-state index in [1.165, 1.54) is 0 Å². The Labute approximate surface area is 65.2 Å². The highest BCUT2D eigenvalue weighted by atomic mass is 16.3. The van der Waals surface area contributed by atoms with Crippen molar-refractivity contribution in [1.29, 1.82) is 0 Å². The summed E-state index contributed by atoms with van der Waals surface area (Å²) in [7, 11) is 0. The third-order valence-corrected chi connectivity index (χ3v) is 2.02. The van der Waals surface area contributed by atoms with Gasteiger partial charge >= 0.3 is 0 Å². The Morgan fingerprint density at radius 1 is 1.73 bits per heavy atom. The second kappa shape index (κ2) is 3.19. The molecule has 0 saturated carbocycles. The van der Waals surface area contributed by atoms with E-state index in [2.05, 4.69) is 5.32 Å². The quantitative estimate of drug-likeness (QED) is 0.456. The van der Waals surface area contributed by atoms with E-state index in [-0.39, 0.29) is 24.5 Å². The number of aliphatic hydroxyl groups is 2. The van der Waals surface area contributed by atoms with Gasteiger partial charge in [0, 0.05) is 12.6 Å². The number of aliphatic hydroxyl groups excluding tert-OH is 2. The largest absolute Gasteiger partial charge is 0.396 e. The third-order valence-electron chi connectivity index (χ3n) is 2.02. The van der Waals surface area contributed by atoms with E-state index in [9.17, 15) is 4.79 Å². The van der Waals surface area contributed by atoms with Gasteiger partial charge in [0.25, 0.3) is 0 Å². The van der Waals surface area contributed by atoms with Crippen LogP contribution in [0.5, 0.6) is 0 Å². The van der Waals surface area contributed by atoms with Crippen molar-refractivity contribution in [1.82, 2.24) is 5.32 Å². The molecule has 0 spiro atoms. The number of amides is 1. The minimum Gasteiger partial charge on any atom is -0.396 e.